The molecule has 0 amide bonds. The van der Waals surface area contributed by atoms with Crippen LogP contribution in [0, 0.1) is 0 Å². The zero-order valence-electron chi connectivity index (χ0n) is 32.5. The summed E-state index contributed by atoms with van der Waals surface area (Å²) in [5, 5.41) is 8.47. The fourth-order valence-electron chi connectivity index (χ4n) is 9.76. The molecule has 0 unspecified atom stereocenters. The molecule has 0 bridgehead atoms. The predicted octanol–water partition coefficient (Wildman–Crippen LogP) is 15.1. The summed E-state index contributed by atoms with van der Waals surface area (Å²) in [6, 6.07) is 76.6. The van der Waals surface area contributed by atoms with Crippen molar-refractivity contribution in [1.82, 2.24) is 13.7 Å². The summed E-state index contributed by atoms with van der Waals surface area (Å²) in [6.45, 7) is 0. The lowest BCUT2D eigenvalue weighted by Gasteiger charge is -2.12. The van der Waals surface area contributed by atoms with Crippen molar-refractivity contribution in [2.75, 3.05) is 0 Å². The number of hydrogen-bond acceptors (Lipinski definition) is 1. The van der Waals surface area contributed by atoms with E-state index in [-0.39, 0.29) is 0 Å². The summed E-state index contributed by atoms with van der Waals surface area (Å²) in [5.41, 5.74) is 15.7. The van der Waals surface area contributed by atoms with E-state index in [1.807, 2.05) is 6.07 Å². The minimum atomic E-state index is 0.872. The van der Waals surface area contributed by atoms with Crippen molar-refractivity contribution in [1.29, 1.82) is 0 Å². The van der Waals surface area contributed by atoms with Crippen molar-refractivity contribution in [2.24, 2.45) is 0 Å². The summed E-state index contributed by atoms with van der Waals surface area (Å²) in [6.07, 6.45) is 0. The van der Waals surface area contributed by atoms with Crippen LogP contribution < -0.4 is 0 Å². The molecule has 4 aromatic heterocycles. The van der Waals surface area contributed by atoms with Gasteiger partial charge in [0.2, 0.25) is 5.71 Å². The maximum absolute atomic E-state index is 6.71. The van der Waals surface area contributed by atoms with Crippen molar-refractivity contribution >= 4 is 76.6 Å². The van der Waals surface area contributed by atoms with E-state index >= 15 is 0 Å². The third-order valence-electron chi connectivity index (χ3n) is 12.5. The largest absolute Gasteiger partial charge is 0.439 e. The number of nitrogens with zero attached hydrogens (tertiary/aromatic N) is 3. The second-order valence-corrected chi connectivity index (χ2v) is 15.7. The van der Waals surface area contributed by atoms with Crippen molar-refractivity contribution < 1.29 is 4.42 Å². The molecule has 0 saturated carbocycles. The van der Waals surface area contributed by atoms with Crippen LogP contribution in [0.1, 0.15) is 0 Å². The number of hydrogen-bond donors (Lipinski definition) is 0. The number of furan rings is 1. The molecular weight excluding hydrogens is 731 g/mol. The van der Waals surface area contributed by atoms with Crippen LogP contribution in [-0.4, -0.2) is 13.7 Å². The van der Waals surface area contributed by atoms with Crippen molar-refractivity contribution in [2.45, 2.75) is 0 Å². The van der Waals surface area contributed by atoms with Crippen LogP contribution in [0.3, 0.4) is 0 Å². The van der Waals surface area contributed by atoms with Gasteiger partial charge in [-0.1, -0.05) is 133 Å². The molecule has 0 atom stereocenters. The minimum Gasteiger partial charge on any atom is -0.439 e. The Morgan fingerprint density at radius 3 is 1.40 bits per heavy atom. The zero-order valence-corrected chi connectivity index (χ0v) is 32.5. The smallest absolute Gasteiger partial charge is 0.213 e. The number of aromatic nitrogens is 3. The first kappa shape index (κ1) is 32.9. The second-order valence-electron chi connectivity index (χ2n) is 15.7. The summed E-state index contributed by atoms with van der Waals surface area (Å²) in [4.78, 5) is 0. The van der Waals surface area contributed by atoms with E-state index < -0.39 is 0 Å². The average molecular weight is 766 g/mol. The third-order valence-corrected chi connectivity index (χ3v) is 12.5. The predicted molar refractivity (Wildman–Crippen MR) is 250 cm³/mol. The molecule has 0 aliphatic rings. The molecule has 9 aromatic carbocycles. The lowest BCUT2D eigenvalue weighted by atomic mass is 9.99. The summed E-state index contributed by atoms with van der Waals surface area (Å²) in [5.74, 6) is 0. The van der Waals surface area contributed by atoms with Gasteiger partial charge >= 0.3 is 0 Å². The molecule has 0 fully saturated rings. The summed E-state index contributed by atoms with van der Waals surface area (Å²) in [7, 11) is 0. The van der Waals surface area contributed by atoms with Gasteiger partial charge in [-0.15, -0.1) is 0 Å². The van der Waals surface area contributed by atoms with Crippen LogP contribution in [0.2, 0.25) is 0 Å². The SMILES string of the molecule is c1ccc(-n2c3ccccc3c3c4ccc(-c5ccc(-c6cccc(-n7c8ccccc8c8cc(-n9c%10ccccc%10c%10ccccc%109)ccc87)c6)cc5)cc4oc32)cc1. The average Bonchev–Trinajstić information content (AvgIpc) is 4.05. The fraction of sp³-hybridized carbons (Fsp3) is 0. The van der Waals surface area contributed by atoms with Crippen LogP contribution in [-0.2, 0) is 0 Å². The fourth-order valence-corrected chi connectivity index (χ4v) is 9.76. The Morgan fingerprint density at radius 1 is 0.267 bits per heavy atom. The normalized spacial score (nSPS) is 12.0. The molecule has 13 rings (SSSR count). The third kappa shape index (κ3) is 4.79. The molecule has 4 heteroatoms. The molecule has 4 heterocycles. The molecule has 0 aliphatic heterocycles. The van der Waals surface area contributed by atoms with Gasteiger partial charge in [0.15, 0.2) is 0 Å². The Kier molecular flexibility index (Phi) is 6.98. The molecule has 0 saturated heterocycles. The Morgan fingerprint density at radius 2 is 0.750 bits per heavy atom. The Hall–Kier alpha value is -8.08. The zero-order chi connectivity index (χ0) is 39.3. The monoisotopic (exact) mass is 765 g/mol. The van der Waals surface area contributed by atoms with Gasteiger partial charge in [0.25, 0.3) is 0 Å². The highest BCUT2D eigenvalue weighted by Gasteiger charge is 2.20. The van der Waals surface area contributed by atoms with Crippen molar-refractivity contribution in [3.63, 3.8) is 0 Å². The van der Waals surface area contributed by atoms with E-state index in [4.69, 9.17) is 4.42 Å². The molecule has 280 valence electrons. The van der Waals surface area contributed by atoms with Crippen LogP contribution in [0.5, 0.6) is 0 Å². The molecule has 0 aliphatic carbocycles. The molecule has 60 heavy (non-hydrogen) atoms. The molecule has 4 nitrogen and oxygen atoms in total. The van der Waals surface area contributed by atoms with E-state index in [9.17, 15) is 0 Å². The van der Waals surface area contributed by atoms with Crippen LogP contribution >= 0.6 is 0 Å². The van der Waals surface area contributed by atoms with Gasteiger partial charge in [-0.25, -0.2) is 0 Å². The number of fused-ring (bicyclic) bond motifs is 11. The quantitative estimate of drug-likeness (QED) is 0.171. The van der Waals surface area contributed by atoms with E-state index in [1.54, 1.807) is 0 Å². The first-order valence-electron chi connectivity index (χ1n) is 20.5. The molecular formula is C56H35N3O. The molecule has 0 radical (unpaired) electrons. The Labute approximate surface area is 345 Å². The van der Waals surface area contributed by atoms with Gasteiger partial charge in [0.05, 0.1) is 33.0 Å². The lowest BCUT2D eigenvalue weighted by Crippen LogP contribution is -1.96. The maximum atomic E-state index is 6.71. The van der Waals surface area contributed by atoms with E-state index in [0.29, 0.717) is 0 Å². The summed E-state index contributed by atoms with van der Waals surface area (Å²) >= 11 is 0. The molecule has 13 aromatic rings. The van der Waals surface area contributed by atoms with Gasteiger partial charge in [0, 0.05) is 49.4 Å². The van der Waals surface area contributed by atoms with E-state index in [0.717, 1.165) is 55.8 Å². The first-order chi connectivity index (χ1) is 29.8. The number of rotatable bonds is 5. The Balaban J connectivity index is 0.877. The first-order valence-corrected chi connectivity index (χ1v) is 20.5. The number of para-hydroxylation sites is 5. The van der Waals surface area contributed by atoms with E-state index in [1.165, 1.54) is 60.1 Å². The highest BCUT2D eigenvalue weighted by atomic mass is 16.3. The van der Waals surface area contributed by atoms with Gasteiger partial charge in [-0.2, -0.15) is 0 Å². The van der Waals surface area contributed by atoms with Gasteiger partial charge < -0.3 is 13.6 Å². The number of benzene rings is 9. The van der Waals surface area contributed by atoms with Gasteiger partial charge in [-0.3, -0.25) is 4.57 Å². The highest BCUT2D eigenvalue weighted by Crippen LogP contribution is 2.41. The molecule has 0 spiro atoms. The second kappa shape index (κ2) is 12.7. The Bertz CT molecular complexity index is 3770. The summed E-state index contributed by atoms with van der Waals surface area (Å²) < 4.78 is 13.7. The van der Waals surface area contributed by atoms with E-state index in [2.05, 4.69) is 220 Å². The lowest BCUT2D eigenvalue weighted by molar-refractivity contribution is 0.645. The highest BCUT2D eigenvalue weighted by molar-refractivity contribution is 6.20. The standard InChI is InChI=1S/C56H35N3O/c1-2-14-40(15-3-1)59-52-24-11-7-20-46(52)55-47-31-29-39(34-54(47)60-56(55)59)37-27-25-36(26-28-37)38-13-12-16-41(33-38)57-51-23-10-6-19-45(51)48-35-42(30-32-53(48)57)58-49-21-8-4-17-43(49)44-18-5-9-22-50(44)58/h1-35H. The maximum Gasteiger partial charge on any atom is 0.213 e. The van der Waals surface area contributed by atoms with Gasteiger partial charge in [0.1, 0.15) is 5.58 Å². The minimum absolute atomic E-state index is 0.872. The van der Waals surface area contributed by atoms with Crippen molar-refractivity contribution in [3.05, 3.63) is 212 Å². The van der Waals surface area contributed by atoms with Crippen LogP contribution in [0.25, 0.3) is 116 Å². The van der Waals surface area contributed by atoms with Crippen LogP contribution in [0.15, 0.2) is 217 Å². The van der Waals surface area contributed by atoms with Crippen molar-refractivity contribution in [3.8, 4) is 39.3 Å². The topological polar surface area (TPSA) is 27.9 Å². The van der Waals surface area contributed by atoms with Crippen LogP contribution in [0.4, 0.5) is 0 Å². The van der Waals surface area contributed by atoms with Gasteiger partial charge in [-0.05, 0) is 101 Å². The molecule has 0 N–H and O–H groups in total.